The van der Waals surface area contributed by atoms with Crippen molar-refractivity contribution in [3.63, 3.8) is 0 Å². The van der Waals surface area contributed by atoms with Crippen molar-refractivity contribution in [2.45, 2.75) is 31.5 Å². The van der Waals surface area contributed by atoms with E-state index in [1.165, 1.54) is 22.7 Å². The van der Waals surface area contributed by atoms with Crippen molar-refractivity contribution in [1.82, 2.24) is 19.6 Å². The van der Waals surface area contributed by atoms with Crippen LogP contribution in [-0.4, -0.2) is 39.2 Å². The van der Waals surface area contributed by atoms with Crippen LogP contribution in [0, 0.1) is 10.1 Å². The number of nitrogens with one attached hydrogen (secondary N) is 1. The SMILES string of the molecule is CC(C)c1cnn2c(NCc3cc([N+](=O)[O-])ccc3Cl)nc(S(C)(=O)=O)nc12. The van der Waals surface area contributed by atoms with Crippen molar-refractivity contribution in [2.75, 3.05) is 11.6 Å². The molecule has 28 heavy (non-hydrogen) atoms. The number of fused-ring (bicyclic) bond motifs is 1. The van der Waals surface area contributed by atoms with Gasteiger partial charge in [-0.05, 0) is 17.5 Å². The molecule has 1 N–H and O–H groups in total. The molecule has 0 bridgehead atoms. The quantitative estimate of drug-likeness (QED) is 0.471. The Labute approximate surface area is 165 Å². The monoisotopic (exact) mass is 424 g/mol. The van der Waals surface area contributed by atoms with Crippen LogP contribution in [0.1, 0.15) is 30.9 Å². The van der Waals surface area contributed by atoms with Gasteiger partial charge in [0.15, 0.2) is 5.65 Å². The van der Waals surface area contributed by atoms with Gasteiger partial charge >= 0.3 is 0 Å². The van der Waals surface area contributed by atoms with Gasteiger partial charge in [0.2, 0.25) is 15.8 Å². The number of halogens is 1. The molecule has 0 spiro atoms. The Morgan fingerprint density at radius 1 is 1.32 bits per heavy atom. The molecular weight excluding hydrogens is 408 g/mol. The number of nitro groups is 1. The molecule has 1 aromatic carbocycles. The molecule has 3 aromatic rings. The van der Waals surface area contributed by atoms with Gasteiger partial charge in [0.1, 0.15) is 0 Å². The Balaban J connectivity index is 2.06. The molecule has 0 saturated heterocycles. The summed E-state index contributed by atoms with van der Waals surface area (Å²) in [5, 5.41) is 18.2. The number of sulfone groups is 1. The predicted octanol–water partition coefficient (Wildman–Crippen LogP) is 2.82. The highest BCUT2D eigenvalue weighted by Crippen LogP contribution is 2.25. The number of rotatable bonds is 6. The molecule has 0 saturated carbocycles. The Morgan fingerprint density at radius 2 is 2.04 bits per heavy atom. The van der Waals surface area contributed by atoms with E-state index >= 15 is 0 Å². The maximum absolute atomic E-state index is 12.0. The fourth-order valence-electron chi connectivity index (χ4n) is 2.55. The highest BCUT2D eigenvalue weighted by molar-refractivity contribution is 7.90. The fourth-order valence-corrected chi connectivity index (χ4v) is 3.24. The molecule has 0 fully saturated rings. The van der Waals surface area contributed by atoms with Gasteiger partial charge in [-0.3, -0.25) is 10.1 Å². The van der Waals surface area contributed by atoms with E-state index in [2.05, 4.69) is 20.4 Å². The average Bonchev–Trinajstić information content (AvgIpc) is 3.04. The highest BCUT2D eigenvalue weighted by Gasteiger charge is 2.20. The minimum Gasteiger partial charge on any atom is -0.350 e. The lowest BCUT2D eigenvalue weighted by molar-refractivity contribution is -0.384. The normalized spacial score (nSPS) is 11.9. The van der Waals surface area contributed by atoms with Crippen molar-refractivity contribution in [1.29, 1.82) is 0 Å². The van der Waals surface area contributed by atoms with Crippen molar-refractivity contribution in [3.8, 4) is 0 Å². The summed E-state index contributed by atoms with van der Waals surface area (Å²) in [7, 11) is -3.66. The molecule has 10 nitrogen and oxygen atoms in total. The number of benzene rings is 1. The lowest BCUT2D eigenvalue weighted by atomic mass is 10.1. The lowest BCUT2D eigenvalue weighted by Gasteiger charge is -2.11. The van der Waals surface area contributed by atoms with E-state index in [-0.39, 0.29) is 29.3 Å². The molecule has 0 unspecified atom stereocenters. The minimum absolute atomic E-state index is 0.0684. The van der Waals surface area contributed by atoms with Gasteiger partial charge in [-0.2, -0.15) is 19.6 Å². The maximum atomic E-state index is 12.0. The van der Waals surface area contributed by atoms with Crippen LogP contribution >= 0.6 is 11.6 Å². The number of nitrogens with zero attached hydrogens (tertiary/aromatic N) is 5. The second-order valence-electron chi connectivity index (χ2n) is 6.48. The second kappa shape index (κ2) is 7.32. The average molecular weight is 425 g/mol. The highest BCUT2D eigenvalue weighted by atomic mass is 35.5. The summed E-state index contributed by atoms with van der Waals surface area (Å²) >= 11 is 6.12. The summed E-state index contributed by atoms with van der Waals surface area (Å²) in [6.07, 6.45) is 2.62. The molecule has 0 aliphatic rings. The first-order valence-electron chi connectivity index (χ1n) is 8.20. The van der Waals surface area contributed by atoms with Crippen LogP contribution in [-0.2, 0) is 16.4 Å². The first kappa shape index (κ1) is 20.0. The summed E-state index contributed by atoms with van der Waals surface area (Å²) < 4.78 is 25.4. The summed E-state index contributed by atoms with van der Waals surface area (Å²) in [4.78, 5) is 18.7. The first-order valence-corrected chi connectivity index (χ1v) is 10.5. The molecule has 12 heteroatoms. The van der Waals surface area contributed by atoms with E-state index in [1.54, 1.807) is 6.20 Å². The molecule has 2 heterocycles. The second-order valence-corrected chi connectivity index (χ2v) is 8.80. The summed E-state index contributed by atoms with van der Waals surface area (Å²) in [6, 6.07) is 4.08. The van der Waals surface area contributed by atoms with E-state index in [1.807, 2.05) is 13.8 Å². The molecule has 0 atom stereocenters. The third kappa shape index (κ3) is 3.90. The Bertz CT molecular complexity index is 1180. The molecule has 148 valence electrons. The Kier molecular flexibility index (Phi) is 5.22. The van der Waals surface area contributed by atoms with Crippen molar-refractivity contribution >= 4 is 38.7 Å². The molecule has 2 aromatic heterocycles. The Morgan fingerprint density at radius 3 is 2.64 bits per heavy atom. The topological polar surface area (TPSA) is 132 Å². The maximum Gasteiger partial charge on any atom is 0.269 e. The van der Waals surface area contributed by atoms with Gasteiger partial charge in [0.25, 0.3) is 10.8 Å². The number of anilines is 1. The van der Waals surface area contributed by atoms with Gasteiger partial charge in [0, 0.05) is 35.5 Å². The molecule has 0 aliphatic heterocycles. The number of aromatic nitrogens is 4. The van der Waals surface area contributed by atoms with Crippen LogP contribution in [0.25, 0.3) is 5.65 Å². The van der Waals surface area contributed by atoms with E-state index in [9.17, 15) is 18.5 Å². The van der Waals surface area contributed by atoms with Gasteiger partial charge in [0.05, 0.1) is 11.1 Å². The standard InChI is InChI=1S/C16H17ClN6O4S/c1-9(2)12-8-19-22-14(12)20-16(28(3,26)27)21-15(22)18-7-10-6-11(23(24)25)4-5-13(10)17/h4-6,8-9H,7H2,1-3H3,(H,18,20,21). The zero-order valence-corrected chi connectivity index (χ0v) is 16.8. The van der Waals surface area contributed by atoms with Crippen LogP contribution in [0.3, 0.4) is 0 Å². The zero-order valence-electron chi connectivity index (χ0n) is 15.2. The number of non-ortho nitro benzene ring substituents is 1. The first-order chi connectivity index (χ1) is 13.1. The van der Waals surface area contributed by atoms with Crippen molar-refractivity contribution < 1.29 is 13.3 Å². The van der Waals surface area contributed by atoms with E-state index < -0.39 is 14.8 Å². The molecule has 0 amide bonds. The number of hydrogen-bond acceptors (Lipinski definition) is 8. The number of nitro benzene ring substituents is 1. The summed E-state index contributed by atoms with van der Waals surface area (Å²) in [5.41, 5.74) is 1.49. The Hall–Kier alpha value is -2.79. The van der Waals surface area contributed by atoms with Gasteiger partial charge < -0.3 is 5.32 Å². The molecular formula is C16H17ClN6O4S. The van der Waals surface area contributed by atoms with Gasteiger partial charge in [-0.15, -0.1) is 0 Å². The molecule has 0 aliphatic carbocycles. The van der Waals surface area contributed by atoms with Gasteiger partial charge in [-0.1, -0.05) is 25.4 Å². The fraction of sp³-hybridized carbons (Fsp3) is 0.312. The lowest BCUT2D eigenvalue weighted by Crippen LogP contribution is -2.14. The zero-order chi connectivity index (χ0) is 20.6. The third-order valence-corrected chi connectivity index (χ3v) is 5.22. The van der Waals surface area contributed by atoms with E-state index in [0.717, 1.165) is 11.8 Å². The predicted molar refractivity (Wildman–Crippen MR) is 103 cm³/mol. The van der Waals surface area contributed by atoms with E-state index in [4.69, 9.17) is 11.6 Å². The van der Waals surface area contributed by atoms with Crippen LogP contribution < -0.4 is 5.32 Å². The van der Waals surface area contributed by atoms with Crippen molar-refractivity contribution in [2.24, 2.45) is 0 Å². The third-order valence-electron chi connectivity index (χ3n) is 4.01. The molecule has 3 rings (SSSR count). The summed E-state index contributed by atoms with van der Waals surface area (Å²) in [6.45, 7) is 3.96. The van der Waals surface area contributed by atoms with Crippen LogP contribution in [0.4, 0.5) is 11.6 Å². The number of hydrogen-bond donors (Lipinski definition) is 1. The van der Waals surface area contributed by atoms with Crippen LogP contribution in [0.15, 0.2) is 29.6 Å². The minimum atomic E-state index is -3.66. The van der Waals surface area contributed by atoms with E-state index in [0.29, 0.717) is 16.2 Å². The molecule has 0 radical (unpaired) electrons. The van der Waals surface area contributed by atoms with Crippen LogP contribution in [0.5, 0.6) is 0 Å². The van der Waals surface area contributed by atoms with Gasteiger partial charge in [-0.25, -0.2) is 8.42 Å². The van der Waals surface area contributed by atoms with Crippen LogP contribution in [0.2, 0.25) is 5.02 Å². The van der Waals surface area contributed by atoms with Crippen molar-refractivity contribution in [3.05, 3.63) is 50.7 Å². The smallest absolute Gasteiger partial charge is 0.269 e. The largest absolute Gasteiger partial charge is 0.350 e. The summed E-state index contributed by atoms with van der Waals surface area (Å²) in [5.74, 6) is 0.207.